The fraction of sp³-hybridized carbons (Fsp3) is 0.0800. The van der Waals surface area contributed by atoms with E-state index in [0.717, 1.165) is 5.56 Å². The highest BCUT2D eigenvalue weighted by Crippen LogP contribution is 2.31. The van der Waals surface area contributed by atoms with E-state index in [1.54, 1.807) is 35.1 Å². The first-order valence-electron chi connectivity index (χ1n) is 10.2. The van der Waals surface area contributed by atoms with E-state index in [-0.39, 0.29) is 12.4 Å². The zero-order chi connectivity index (χ0) is 22.6. The van der Waals surface area contributed by atoms with Crippen LogP contribution < -0.4 is 15.1 Å². The Hall–Kier alpha value is -4.59. The van der Waals surface area contributed by atoms with Crippen LogP contribution in [0.15, 0.2) is 94.3 Å². The molecule has 0 saturated heterocycles. The van der Waals surface area contributed by atoms with Crippen LogP contribution >= 0.6 is 0 Å². The molecular weight excluding hydrogens is 422 g/mol. The second-order valence-corrected chi connectivity index (χ2v) is 7.34. The Balaban J connectivity index is 1.25. The number of para-hydroxylation sites is 2. The van der Waals surface area contributed by atoms with Crippen molar-refractivity contribution in [1.29, 1.82) is 0 Å². The summed E-state index contributed by atoms with van der Waals surface area (Å²) in [7, 11) is 0. The minimum Gasteiger partial charge on any atom is -0.504 e. The minimum absolute atomic E-state index is 0.0369. The monoisotopic (exact) mass is 441 g/mol. The van der Waals surface area contributed by atoms with Crippen molar-refractivity contribution in [3.05, 3.63) is 107 Å². The molecule has 1 N–H and O–H groups in total. The lowest BCUT2D eigenvalue weighted by atomic mass is 10.2. The van der Waals surface area contributed by atoms with Gasteiger partial charge in [0.15, 0.2) is 11.5 Å². The Bertz CT molecular complexity index is 1460. The van der Waals surface area contributed by atoms with Gasteiger partial charge in [-0.05, 0) is 42.0 Å². The van der Waals surface area contributed by atoms with Crippen LogP contribution in [0.1, 0.15) is 11.3 Å². The fourth-order valence-corrected chi connectivity index (χ4v) is 3.39. The lowest BCUT2D eigenvalue weighted by molar-refractivity contribution is 0.302. The first-order valence-corrected chi connectivity index (χ1v) is 10.2. The van der Waals surface area contributed by atoms with Crippen molar-refractivity contribution < 1.29 is 19.0 Å². The normalized spacial score (nSPS) is 10.9. The van der Waals surface area contributed by atoms with Crippen LogP contribution in [0, 0.1) is 0 Å². The zero-order valence-electron chi connectivity index (χ0n) is 17.4. The van der Waals surface area contributed by atoms with E-state index in [4.69, 9.17) is 13.9 Å². The summed E-state index contributed by atoms with van der Waals surface area (Å²) in [5, 5.41) is 19.3. The molecule has 2 aromatic heterocycles. The average molecular weight is 441 g/mol. The Labute approximate surface area is 188 Å². The smallest absolute Gasteiger partial charge is 0.339 e. The quantitative estimate of drug-likeness (QED) is 0.371. The van der Waals surface area contributed by atoms with Gasteiger partial charge in [-0.3, -0.25) is 0 Å². The fourth-order valence-electron chi connectivity index (χ4n) is 3.39. The maximum absolute atomic E-state index is 11.8. The molecule has 0 aliphatic heterocycles. The SMILES string of the molecule is O=c1cc(OCc2cn(Cc3ccc(Oc4ccccc4)c(O)c3)nn2)c2ccccc2o1. The molecule has 5 aromatic rings. The van der Waals surface area contributed by atoms with Crippen LogP contribution in [0.4, 0.5) is 0 Å². The number of phenols is 1. The lowest BCUT2D eigenvalue weighted by Crippen LogP contribution is -2.02. The van der Waals surface area contributed by atoms with Crippen LogP contribution in [0.5, 0.6) is 23.0 Å². The minimum atomic E-state index is -0.480. The van der Waals surface area contributed by atoms with Crippen molar-refractivity contribution in [1.82, 2.24) is 15.0 Å². The van der Waals surface area contributed by atoms with E-state index < -0.39 is 5.63 Å². The van der Waals surface area contributed by atoms with E-state index in [0.29, 0.717) is 40.5 Å². The summed E-state index contributed by atoms with van der Waals surface area (Å²) in [6, 6.07) is 22.9. The van der Waals surface area contributed by atoms with Gasteiger partial charge in [0.25, 0.3) is 0 Å². The summed E-state index contributed by atoms with van der Waals surface area (Å²) in [6.45, 7) is 0.548. The summed E-state index contributed by atoms with van der Waals surface area (Å²) in [4.78, 5) is 11.8. The molecule has 0 atom stereocenters. The second kappa shape index (κ2) is 8.88. The summed E-state index contributed by atoms with van der Waals surface area (Å²) >= 11 is 0. The third-order valence-electron chi connectivity index (χ3n) is 4.91. The molecule has 33 heavy (non-hydrogen) atoms. The number of benzene rings is 3. The molecule has 0 aliphatic carbocycles. The van der Waals surface area contributed by atoms with Crippen molar-refractivity contribution in [2.75, 3.05) is 0 Å². The molecule has 164 valence electrons. The predicted octanol–water partition coefficient (Wildman–Crippen LogP) is 4.51. The van der Waals surface area contributed by atoms with Gasteiger partial charge in [-0.15, -0.1) is 5.10 Å². The van der Waals surface area contributed by atoms with E-state index in [2.05, 4.69) is 10.3 Å². The highest BCUT2D eigenvalue weighted by molar-refractivity contribution is 5.82. The highest BCUT2D eigenvalue weighted by atomic mass is 16.5. The Morgan fingerprint density at radius 2 is 1.76 bits per heavy atom. The van der Waals surface area contributed by atoms with Gasteiger partial charge in [0.1, 0.15) is 29.4 Å². The highest BCUT2D eigenvalue weighted by Gasteiger charge is 2.10. The van der Waals surface area contributed by atoms with Gasteiger partial charge >= 0.3 is 5.63 Å². The molecule has 2 heterocycles. The lowest BCUT2D eigenvalue weighted by Gasteiger charge is -2.09. The summed E-state index contributed by atoms with van der Waals surface area (Å²) in [5.74, 6) is 1.48. The number of rotatable bonds is 7. The van der Waals surface area contributed by atoms with E-state index in [9.17, 15) is 9.90 Å². The maximum Gasteiger partial charge on any atom is 0.339 e. The number of fused-ring (bicyclic) bond motifs is 1. The largest absolute Gasteiger partial charge is 0.504 e. The number of hydrogen-bond donors (Lipinski definition) is 1. The standard InChI is InChI=1S/C25H19N3O5/c29-21-12-17(10-11-23(21)32-19-6-2-1-3-7-19)14-28-15-18(26-27-28)16-31-24-13-25(30)33-22-9-5-4-8-20(22)24/h1-13,15,29H,14,16H2. The number of aromatic hydroxyl groups is 1. The van der Waals surface area contributed by atoms with Crippen molar-refractivity contribution in [3.8, 4) is 23.0 Å². The topological polar surface area (TPSA) is 99.6 Å². The van der Waals surface area contributed by atoms with Crippen LogP contribution in [0.2, 0.25) is 0 Å². The van der Waals surface area contributed by atoms with Gasteiger partial charge in [-0.25, -0.2) is 9.48 Å². The molecule has 0 fully saturated rings. The maximum atomic E-state index is 11.8. The molecule has 0 bridgehead atoms. The molecule has 0 unspecified atom stereocenters. The second-order valence-electron chi connectivity index (χ2n) is 7.34. The van der Waals surface area contributed by atoms with Crippen molar-refractivity contribution >= 4 is 11.0 Å². The summed E-state index contributed by atoms with van der Waals surface area (Å²) < 4.78 is 18.3. The van der Waals surface area contributed by atoms with Gasteiger partial charge in [-0.1, -0.05) is 41.6 Å². The van der Waals surface area contributed by atoms with Crippen molar-refractivity contribution in [2.24, 2.45) is 0 Å². The molecule has 8 heteroatoms. The Kier molecular flexibility index (Phi) is 5.47. The van der Waals surface area contributed by atoms with Gasteiger partial charge in [0.05, 0.1) is 24.2 Å². The van der Waals surface area contributed by atoms with E-state index in [1.807, 2.05) is 48.5 Å². The molecular formula is C25H19N3O5. The Morgan fingerprint density at radius 3 is 2.61 bits per heavy atom. The third-order valence-corrected chi connectivity index (χ3v) is 4.91. The number of hydrogen-bond acceptors (Lipinski definition) is 7. The van der Waals surface area contributed by atoms with Crippen LogP contribution in [0.3, 0.4) is 0 Å². The molecule has 0 radical (unpaired) electrons. The van der Waals surface area contributed by atoms with E-state index in [1.165, 1.54) is 6.07 Å². The van der Waals surface area contributed by atoms with Crippen LogP contribution in [-0.4, -0.2) is 20.1 Å². The molecule has 0 saturated carbocycles. The van der Waals surface area contributed by atoms with Crippen molar-refractivity contribution in [3.63, 3.8) is 0 Å². The summed E-state index contributed by atoms with van der Waals surface area (Å²) in [5.41, 5.74) is 1.41. The number of ether oxygens (including phenoxy) is 2. The summed E-state index contributed by atoms with van der Waals surface area (Å²) in [6.07, 6.45) is 1.75. The number of nitrogens with zero attached hydrogens (tertiary/aromatic N) is 3. The first-order chi connectivity index (χ1) is 16.1. The van der Waals surface area contributed by atoms with Gasteiger partial charge in [-0.2, -0.15) is 0 Å². The third kappa shape index (κ3) is 4.69. The molecule has 3 aromatic carbocycles. The molecule has 0 spiro atoms. The van der Waals surface area contributed by atoms with Crippen LogP contribution in [-0.2, 0) is 13.2 Å². The van der Waals surface area contributed by atoms with E-state index >= 15 is 0 Å². The first kappa shape index (κ1) is 20.3. The Morgan fingerprint density at radius 1 is 0.939 bits per heavy atom. The van der Waals surface area contributed by atoms with Crippen LogP contribution in [0.25, 0.3) is 11.0 Å². The number of aromatic nitrogens is 3. The molecule has 0 aliphatic rings. The van der Waals surface area contributed by atoms with Crippen molar-refractivity contribution in [2.45, 2.75) is 13.2 Å². The average Bonchev–Trinajstić information content (AvgIpc) is 3.27. The van der Waals surface area contributed by atoms with Gasteiger partial charge in [0, 0.05) is 0 Å². The molecule has 0 amide bonds. The molecule has 8 nitrogen and oxygen atoms in total. The van der Waals surface area contributed by atoms with Gasteiger partial charge < -0.3 is 19.0 Å². The predicted molar refractivity (Wildman–Crippen MR) is 121 cm³/mol. The zero-order valence-corrected chi connectivity index (χ0v) is 17.4. The number of phenolic OH excluding ortho intramolecular Hbond substituents is 1. The molecule has 5 rings (SSSR count). The van der Waals surface area contributed by atoms with Gasteiger partial charge in [0.2, 0.25) is 0 Å².